The molecular formula is C21H29N3O6S2. The second kappa shape index (κ2) is 10.8. The van der Waals surface area contributed by atoms with Crippen LogP contribution in [0.4, 0.5) is 11.4 Å². The second-order valence-corrected chi connectivity index (χ2v) is 10.7. The maximum absolute atomic E-state index is 12.6. The summed E-state index contributed by atoms with van der Waals surface area (Å²) >= 11 is 0. The fourth-order valence-electron chi connectivity index (χ4n) is 3.08. The van der Waals surface area contributed by atoms with Gasteiger partial charge in [-0.15, -0.1) is 0 Å². The molecule has 1 N–H and O–H groups in total. The van der Waals surface area contributed by atoms with E-state index in [0.29, 0.717) is 31.1 Å². The van der Waals surface area contributed by atoms with E-state index in [1.807, 2.05) is 0 Å². The molecule has 0 aliphatic rings. The largest absolute Gasteiger partial charge is 0.492 e. The monoisotopic (exact) mass is 483 g/mol. The number of carbonyl (C=O) groups excluding carboxylic acids is 1. The molecule has 0 atom stereocenters. The highest BCUT2D eigenvalue weighted by Crippen LogP contribution is 2.29. The average molecular weight is 484 g/mol. The number of benzene rings is 2. The van der Waals surface area contributed by atoms with Crippen LogP contribution in [-0.4, -0.2) is 59.5 Å². The molecule has 11 heteroatoms. The van der Waals surface area contributed by atoms with Crippen LogP contribution >= 0.6 is 0 Å². The molecule has 2 aromatic rings. The molecule has 0 fully saturated rings. The Bertz CT molecular complexity index is 1130. The van der Waals surface area contributed by atoms with Gasteiger partial charge in [-0.25, -0.2) is 16.8 Å². The van der Waals surface area contributed by atoms with Crippen LogP contribution in [0.3, 0.4) is 0 Å². The average Bonchev–Trinajstić information content (AvgIpc) is 2.73. The molecule has 0 saturated heterocycles. The van der Waals surface area contributed by atoms with Gasteiger partial charge < -0.3 is 10.1 Å². The van der Waals surface area contributed by atoms with Crippen molar-refractivity contribution in [3.05, 3.63) is 48.5 Å². The number of sulfonamides is 2. The van der Waals surface area contributed by atoms with E-state index >= 15 is 0 Å². The Morgan fingerprint density at radius 1 is 0.938 bits per heavy atom. The van der Waals surface area contributed by atoms with Gasteiger partial charge in [0.1, 0.15) is 12.3 Å². The summed E-state index contributed by atoms with van der Waals surface area (Å²) in [6.07, 6.45) is 1.01. The lowest BCUT2D eigenvalue weighted by atomic mass is 10.3. The summed E-state index contributed by atoms with van der Waals surface area (Å²) < 4.78 is 57.7. The van der Waals surface area contributed by atoms with Gasteiger partial charge in [0.25, 0.3) is 0 Å². The second-order valence-electron chi connectivity index (χ2n) is 6.83. The number of amides is 1. The smallest absolute Gasteiger partial charge is 0.245 e. The Hall–Kier alpha value is -2.63. The fourth-order valence-corrected chi connectivity index (χ4v) is 5.39. The van der Waals surface area contributed by atoms with Crippen molar-refractivity contribution >= 4 is 37.3 Å². The van der Waals surface area contributed by atoms with Crippen molar-refractivity contribution in [2.75, 3.05) is 42.1 Å². The molecule has 2 rings (SSSR count). The first-order chi connectivity index (χ1) is 15.0. The van der Waals surface area contributed by atoms with Crippen molar-refractivity contribution in [2.45, 2.75) is 25.7 Å². The Morgan fingerprint density at radius 2 is 1.53 bits per heavy atom. The predicted molar refractivity (Wildman–Crippen MR) is 125 cm³/mol. The first-order valence-corrected chi connectivity index (χ1v) is 13.4. The first-order valence-electron chi connectivity index (χ1n) is 10.1. The number of ether oxygens (including phenoxy) is 1. The van der Waals surface area contributed by atoms with Gasteiger partial charge in [-0.3, -0.25) is 9.10 Å². The first kappa shape index (κ1) is 25.6. The number of para-hydroxylation sites is 2. The zero-order valence-corrected chi connectivity index (χ0v) is 20.2. The number of rotatable bonds is 11. The van der Waals surface area contributed by atoms with Crippen molar-refractivity contribution < 1.29 is 26.4 Å². The highest BCUT2D eigenvalue weighted by atomic mass is 32.2. The van der Waals surface area contributed by atoms with Gasteiger partial charge in [-0.05, 0) is 43.3 Å². The maximum atomic E-state index is 12.6. The summed E-state index contributed by atoms with van der Waals surface area (Å²) in [6.45, 7) is 5.85. The summed E-state index contributed by atoms with van der Waals surface area (Å²) in [5.74, 6) is -0.236. The molecule has 0 aliphatic heterocycles. The number of nitrogens with one attached hydrogen (secondary N) is 1. The molecule has 0 aromatic heterocycles. The zero-order chi connectivity index (χ0) is 23.9. The highest BCUT2D eigenvalue weighted by molar-refractivity contribution is 7.92. The molecule has 176 valence electrons. The zero-order valence-electron chi connectivity index (χ0n) is 18.6. The van der Waals surface area contributed by atoms with Gasteiger partial charge in [0.2, 0.25) is 26.0 Å². The summed E-state index contributed by atoms with van der Waals surface area (Å²) in [4.78, 5) is 12.7. The lowest BCUT2D eigenvalue weighted by Crippen LogP contribution is -2.37. The Morgan fingerprint density at radius 3 is 2.06 bits per heavy atom. The summed E-state index contributed by atoms with van der Waals surface area (Å²) in [5, 5.41) is 2.61. The molecule has 9 nitrogen and oxygen atoms in total. The van der Waals surface area contributed by atoms with Crippen LogP contribution in [0, 0.1) is 0 Å². The third-order valence-corrected chi connectivity index (χ3v) is 7.79. The standard InChI is InChI=1S/C21H29N3O6S2/c1-5-23(6-2)32(28,29)18-14-12-17(13-15-18)22-21(25)16-24(31(4,26)27)19-10-8-9-11-20(19)30-7-3/h8-15H,5-7,16H2,1-4H3,(H,22,25). The van der Waals surface area contributed by atoms with Crippen LogP contribution < -0.4 is 14.4 Å². The normalized spacial score (nSPS) is 11.9. The van der Waals surface area contributed by atoms with Crippen LogP contribution in [0.25, 0.3) is 0 Å². The molecule has 2 aromatic carbocycles. The van der Waals surface area contributed by atoms with E-state index in [-0.39, 0.29) is 10.6 Å². The number of nitrogens with zero attached hydrogens (tertiary/aromatic N) is 2. The molecule has 0 saturated carbocycles. The number of hydrogen-bond acceptors (Lipinski definition) is 6. The van der Waals surface area contributed by atoms with E-state index < -0.39 is 32.5 Å². The van der Waals surface area contributed by atoms with Crippen LogP contribution in [0.15, 0.2) is 53.4 Å². The van der Waals surface area contributed by atoms with E-state index in [4.69, 9.17) is 4.74 Å². The van der Waals surface area contributed by atoms with Crippen LogP contribution in [0.2, 0.25) is 0 Å². The van der Waals surface area contributed by atoms with E-state index in [1.54, 1.807) is 45.0 Å². The van der Waals surface area contributed by atoms with Crippen molar-refractivity contribution in [2.24, 2.45) is 0 Å². The molecule has 0 aliphatic carbocycles. The SMILES string of the molecule is CCOc1ccccc1N(CC(=O)Nc1ccc(S(=O)(=O)N(CC)CC)cc1)S(C)(=O)=O. The Labute approximate surface area is 190 Å². The summed E-state index contributed by atoms with van der Waals surface area (Å²) in [7, 11) is -7.39. The molecule has 0 unspecified atom stereocenters. The highest BCUT2D eigenvalue weighted by Gasteiger charge is 2.24. The van der Waals surface area contributed by atoms with Gasteiger partial charge >= 0.3 is 0 Å². The van der Waals surface area contributed by atoms with Crippen molar-refractivity contribution in [1.82, 2.24) is 4.31 Å². The predicted octanol–water partition coefficient (Wildman–Crippen LogP) is 2.52. The third-order valence-electron chi connectivity index (χ3n) is 4.60. The lowest BCUT2D eigenvalue weighted by Gasteiger charge is -2.24. The van der Waals surface area contributed by atoms with Crippen LogP contribution in [0.1, 0.15) is 20.8 Å². The van der Waals surface area contributed by atoms with Gasteiger partial charge in [0, 0.05) is 18.8 Å². The Balaban J connectivity index is 2.21. The van der Waals surface area contributed by atoms with Crippen molar-refractivity contribution in [1.29, 1.82) is 0 Å². The molecular weight excluding hydrogens is 454 g/mol. The summed E-state index contributed by atoms with van der Waals surface area (Å²) in [6, 6.07) is 12.3. The molecule has 0 bridgehead atoms. The van der Waals surface area contributed by atoms with Gasteiger partial charge in [-0.1, -0.05) is 26.0 Å². The molecule has 0 heterocycles. The van der Waals surface area contributed by atoms with Gasteiger partial charge in [0.05, 0.1) is 23.4 Å². The van der Waals surface area contributed by atoms with E-state index in [9.17, 15) is 21.6 Å². The maximum Gasteiger partial charge on any atom is 0.245 e. The molecule has 0 radical (unpaired) electrons. The number of carbonyl (C=O) groups is 1. The van der Waals surface area contributed by atoms with Crippen molar-refractivity contribution in [3.63, 3.8) is 0 Å². The fraction of sp³-hybridized carbons (Fsp3) is 0.381. The van der Waals surface area contributed by atoms with Crippen LogP contribution in [0.5, 0.6) is 5.75 Å². The quantitative estimate of drug-likeness (QED) is 0.525. The topological polar surface area (TPSA) is 113 Å². The van der Waals surface area contributed by atoms with Crippen LogP contribution in [-0.2, 0) is 24.8 Å². The molecule has 0 spiro atoms. The van der Waals surface area contributed by atoms with E-state index in [0.717, 1.165) is 10.6 Å². The van der Waals surface area contributed by atoms with Gasteiger partial charge in [-0.2, -0.15) is 4.31 Å². The van der Waals surface area contributed by atoms with E-state index in [2.05, 4.69) is 5.32 Å². The molecule has 1 amide bonds. The minimum absolute atomic E-state index is 0.114. The summed E-state index contributed by atoms with van der Waals surface area (Å²) in [5.41, 5.74) is 0.604. The molecule has 32 heavy (non-hydrogen) atoms. The van der Waals surface area contributed by atoms with Crippen molar-refractivity contribution in [3.8, 4) is 5.75 Å². The lowest BCUT2D eigenvalue weighted by molar-refractivity contribution is -0.114. The number of anilines is 2. The van der Waals surface area contributed by atoms with E-state index in [1.165, 1.54) is 28.6 Å². The van der Waals surface area contributed by atoms with Gasteiger partial charge in [0.15, 0.2) is 0 Å². The number of hydrogen-bond donors (Lipinski definition) is 1. The minimum atomic E-state index is -3.78. The Kier molecular flexibility index (Phi) is 8.65. The minimum Gasteiger partial charge on any atom is -0.492 e. The third kappa shape index (κ3) is 6.21.